The minimum atomic E-state index is -1.29. The van der Waals surface area contributed by atoms with Crippen molar-refractivity contribution in [2.45, 2.75) is 106 Å². The van der Waals surface area contributed by atoms with Crippen molar-refractivity contribution in [2.75, 3.05) is 6.54 Å². The van der Waals surface area contributed by atoms with Gasteiger partial charge in [0.2, 0.25) is 35.4 Å². The van der Waals surface area contributed by atoms with E-state index in [1.54, 1.807) is 63.2 Å². The van der Waals surface area contributed by atoms with E-state index in [4.69, 9.17) is 10.5 Å². The zero-order valence-corrected chi connectivity index (χ0v) is 35.0. The van der Waals surface area contributed by atoms with E-state index in [9.17, 15) is 38.7 Å². The molecule has 7 atom stereocenters. The van der Waals surface area contributed by atoms with Gasteiger partial charge in [0, 0.05) is 12.8 Å². The molecule has 0 radical (unpaired) electrons. The predicted octanol–water partition coefficient (Wildman–Crippen LogP) is 2.34. The summed E-state index contributed by atoms with van der Waals surface area (Å²) in [5.41, 5.74) is 6.47. The molecule has 2 heterocycles. The predicted molar refractivity (Wildman–Crippen MR) is 224 cm³/mol. The number of nitrogens with one attached hydrogen (secondary N) is 5. The van der Waals surface area contributed by atoms with Gasteiger partial charge in [0.15, 0.2) is 0 Å². The first kappa shape index (κ1) is 45.0. The number of nitrogens with zero attached hydrogens (tertiary/aromatic N) is 1. The fourth-order valence-electron chi connectivity index (χ4n) is 7.18. The third-order valence-electron chi connectivity index (χ3n) is 10.1. The van der Waals surface area contributed by atoms with Gasteiger partial charge < -0.3 is 47.1 Å². The third kappa shape index (κ3) is 11.8. The number of ether oxygens (including phenoxy) is 1. The second-order valence-corrected chi connectivity index (χ2v) is 17.7. The van der Waals surface area contributed by atoms with Crippen molar-refractivity contribution in [1.82, 2.24) is 31.5 Å². The topological polar surface area (TPSA) is 238 Å². The Morgan fingerprint density at radius 1 is 0.850 bits per heavy atom. The van der Waals surface area contributed by atoms with Gasteiger partial charge >= 0.3 is 6.09 Å². The Morgan fingerprint density at radius 3 is 2.03 bits per heavy atom. The Morgan fingerprint density at radius 2 is 1.43 bits per heavy atom. The van der Waals surface area contributed by atoms with E-state index in [0.29, 0.717) is 18.4 Å². The highest BCUT2D eigenvalue weighted by Gasteiger charge is 2.58. The Hall–Kier alpha value is -6.10. The van der Waals surface area contributed by atoms with Gasteiger partial charge in [-0.3, -0.25) is 28.8 Å². The monoisotopic (exact) mass is 843 g/mol. The largest absolute Gasteiger partial charge is 0.508 e. The fourth-order valence-corrected chi connectivity index (χ4v) is 8.94. The fraction of sp³-hybridized carbons (Fsp3) is 0.419. The number of carbonyl (C=O) groups is 7. The molecule has 0 aliphatic carbocycles. The van der Waals surface area contributed by atoms with E-state index in [-0.39, 0.29) is 18.6 Å². The summed E-state index contributed by atoms with van der Waals surface area (Å²) in [4.78, 5) is 94.8. The summed E-state index contributed by atoms with van der Waals surface area (Å²) in [7, 11) is 0. The Labute approximate surface area is 353 Å². The number of thioether (sulfide) groups is 1. The number of fused-ring (bicyclic) bond motifs is 1. The first-order valence-corrected chi connectivity index (χ1v) is 20.6. The van der Waals surface area contributed by atoms with Crippen molar-refractivity contribution in [1.29, 1.82) is 0 Å². The highest BCUT2D eigenvalue weighted by molar-refractivity contribution is 8.01. The molecule has 0 bridgehead atoms. The maximum Gasteiger partial charge on any atom is 0.408 e. The quantitative estimate of drug-likeness (QED) is 0.118. The molecule has 5 rings (SSSR count). The average Bonchev–Trinajstić information content (AvgIpc) is 3.52. The molecule has 17 heteroatoms. The minimum absolute atomic E-state index is 0.00914. The molecule has 2 aliphatic rings. The van der Waals surface area contributed by atoms with Crippen LogP contribution in [-0.4, -0.2) is 98.8 Å². The molecule has 320 valence electrons. The molecule has 0 saturated carbocycles. The number of nitrogens with two attached hydrogens (primary N) is 1. The molecule has 3 aromatic rings. The summed E-state index contributed by atoms with van der Waals surface area (Å²) >= 11 is 1.45. The molecular weight excluding hydrogens is 791 g/mol. The number of phenolic OH excluding ortho intramolecular Hbond substituents is 1. The second-order valence-electron chi connectivity index (χ2n) is 16.1. The van der Waals surface area contributed by atoms with Gasteiger partial charge in [0.1, 0.15) is 41.6 Å². The maximum absolute atomic E-state index is 14.8. The van der Waals surface area contributed by atoms with Gasteiger partial charge in [-0.2, -0.15) is 0 Å². The van der Waals surface area contributed by atoms with Gasteiger partial charge in [0.05, 0.1) is 16.7 Å². The van der Waals surface area contributed by atoms with Gasteiger partial charge in [-0.25, -0.2) is 4.79 Å². The average molecular weight is 844 g/mol. The van der Waals surface area contributed by atoms with Crippen LogP contribution in [0, 0.1) is 0 Å². The standard InChI is InChI=1S/C43H53N7O9S/c1-25(36(53)47-31(37(54)45-24-33(44)52)22-26-12-8-6-9-13-26)46-38(55)32(23-27-16-18-29(51)19-17-27)48-39(56)34-35(28-14-10-7-11-15-28)60-43(5)21-20-30(40(57)50(34)43)49-41(58)59-42(2,3)4/h6-19,25,30-32,34-35,51H,20-24H2,1-5H3,(H2,44,52)(H,45,54)(H,46,55)(H,47,53)(H,48,56)(H,49,58)/t25-,30+,31+,32+,34+,35?,43+/m1/s1. The van der Waals surface area contributed by atoms with Gasteiger partial charge in [-0.15, -0.1) is 11.8 Å². The number of piperidine rings is 1. The number of carbonyl (C=O) groups excluding carboxylic acids is 7. The van der Waals surface area contributed by atoms with E-state index in [2.05, 4.69) is 26.6 Å². The number of hydrogen-bond donors (Lipinski definition) is 7. The number of primary amides is 1. The zero-order chi connectivity index (χ0) is 43.8. The normalized spacial score (nSPS) is 21.3. The van der Waals surface area contributed by atoms with Gasteiger partial charge in [-0.1, -0.05) is 72.8 Å². The lowest BCUT2D eigenvalue weighted by Crippen LogP contribution is -2.64. The molecule has 8 N–H and O–H groups in total. The number of aromatic hydroxyl groups is 1. The van der Waals surface area contributed by atoms with Crippen LogP contribution in [0.15, 0.2) is 84.9 Å². The van der Waals surface area contributed by atoms with E-state index in [0.717, 1.165) is 11.1 Å². The molecule has 2 fully saturated rings. The number of alkyl carbamates (subject to hydrolysis) is 1. The first-order valence-electron chi connectivity index (χ1n) is 19.7. The molecular formula is C43H53N7O9S. The Bertz CT molecular complexity index is 2050. The summed E-state index contributed by atoms with van der Waals surface area (Å²) in [6.07, 6.45) is -0.0198. The lowest BCUT2D eigenvalue weighted by molar-refractivity contribution is -0.148. The summed E-state index contributed by atoms with van der Waals surface area (Å²) in [6.45, 7) is 7.98. The van der Waals surface area contributed by atoms with Crippen LogP contribution >= 0.6 is 11.8 Å². The van der Waals surface area contributed by atoms with Crippen LogP contribution in [0.4, 0.5) is 4.79 Å². The lowest BCUT2D eigenvalue weighted by atomic mass is 9.93. The molecule has 16 nitrogen and oxygen atoms in total. The smallest absolute Gasteiger partial charge is 0.408 e. The van der Waals surface area contributed by atoms with Crippen LogP contribution < -0.4 is 32.3 Å². The molecule has 3 aromatic carbocycles. The number of hydrogen-bond acceptors (Lipinski definition) is 10. The molecule has 0 aromatic heterocycles. The van der Waals surface area contributed by atoms with E-state index < -0.39 is 94.0 Å². The van der Waals surface area contributed by atoms with Crippen LogP contribution in [0.1, 0.15) is 69.4 Å². The molecule has 7 amide bonds. The van der Waals surface area contributed by atoms with Gasteiger partial charge in [-0.05, 0) is 76.3 Å². The Balaban J connectivity index is 1.40. The molecule has 2 aliphatic heterocycles. The van der Waals surface area contributed by atoms with E-state index in [1.807, 2.05) is 37.3 Å². The van der Waals surface area contributed by atoms with Crippen LogP contribution in [0.2, 0.25) is 0 Å². The number of rotatable bonds is 15. The highest BCUT2D eigenvalue weighted by Crippen LogP contribution is 2.56. The number of amides is 7. The molecule has 0 spiro atoms. The second kappa shape index (κ2) is 19.3. The Kier molecular flexibility index (Phi) is 14.5. The number of phenols is 1. The van der Waals surface area contributed by atoms with Crippen molar-refractivity contribution in [3.8, 4) is 5.75 Å². The summed E-state index contributed by atoms with van der Waals surface area (Å²) in [5, 5.41) is 22.6. The van der Waals surface area contributed by atoms with Crippen molar-refractivity contribution in [2.24, 2.45) is 5.73 Å². The third-order valence-corrected chi connectivity index (χ3v) is 11.8. The van der Waals surface area contributed by atoms with Crippen LogP contribution in [-0.2, 0) is 46.3 Å². The highest BCUT2D eigenvalue weighted by atomic mass is 32.2. The summed E-state index contributed by atoms with van der Waals surface area (Å²) in [6, 6.07) is 18.4. The maximum atomic E-state index is 14.8. The van der Waals surface area contributed by atoms with E-state index >= 15 is 0 Å². The van der Waals surface area contributed by atoms with Crippen LogP contribution in [0.25, 0.3) is 0 Å². The minimum Gasteiger partial charge on any atom is -0.508 e. The van der Waals surface area contributed by atoms with E-state index in [1.165, 1.54) is 35.7 Å². The van der Waals surface area contributed by atoms with Gasteiger partial charge in [0.25, 0.3) is 0 Å². The van der Waals surface area contributed by atoms with Crippen molar-refractivity contribution >= 4 is 53.3 Å². The van der Waals surface area contributed by atoms with Crippen molar-refractivity contribution in [3.05, 3.63) is 102 Å². The zero-order valence-electron chi connectivity index (χ0n) is 34.2. The summed E-state index contributed by atoms with van der Waals surface area (Å²) < 4.78 is 5.43. The summed E-state index contributed by atoms with van der Waals surface area (Å²) in [5.74, 6) is -4.02. The van der Waals surface area contributed by atoms with Crippen LogP contribution in [0.5, 0.6) is 5.75 Å². The van der Waals surface area contributed by atoms with Crippen molar-refractivity contribution in [3.63, 3.8) is 0 Å². The molecule has 60 heavy (non-hydrogen) atoms. The molecule has 1 unspecified atom stereocenters. The first-order chi connectivity index (χ1) is 28.3. The molecule has 2 saturated heterocycles. The SMILES string of the molecule is C[C@@H](NC(=O)[C@H](Cc1ccc(O)cc1)NC(=O)[C@@H]1C(c2ccccc2)S[C@@]2(C)CC[C@H](NC(=O)OC(C)(C)C)C(=O)N12)C(=O)N[C@@H](Cc1ccccc1)C(=O)NCC(N)=O. The van der Waals surface area contributed by atoms with Crippen molar-refractivity contribution < 1.29 is 43.4 Å². The van der Waals surface area contributed by atoms with Crippen LogP contribution in [0.3, 0.4) is 0 Å². The number of benzene rings is 3. The lowest BCUT2D eigenvalue weighted by Gasteiger charge is -2.43.